The van der Waals surface area contributed by atoms with E-state index in [1.807, 2.05) is 25.1 Å². The van der Waals surface area contributed by atoms with E-state index in [1.165, 1.54) is 59.9 Å². The fourth-order valence-corrected chi connectivity index (χ4v) is 4.44. The van der Waals surface area contributed by atoms with Crippen molar-refractivity contribution in [2.45, 2.75) is 71.4 Å². The minimum atomic E-state index is -0.279. The summed E-state index contributed by atoms with van der Waals surface area (Å²) < 4.78 is 18.4. The van der Waals surface area contributed by atoms with Crippen LogP contribution in [0.5, 0.6) is 17.2 Å². The van der Waals surface area contributed by atoms with Crippen LogP contribution in [0, 0.1) is 0 Å². The third-order valence-electron chi connectivity index (χ3n) is 6.33. The summed E-state index contributed by atoms with van der Waals surface area (Å²) in [5.41, 5.74) is 2.47. The van der Waals surface area contributed by atoms with Gasteiger partial charge in [-0.15, -0.1) is 0 Å². The van der Waals surface area contributed by atoms with E-state index >= 15 is 0 Å². The molecule has 1 amide bonds. The number of nitrogens with one attached hydrogen (secondary N) is 1. The van der Waals surface area contributed by atoms with Crippen molar-refractivity contribution in [2.24, 2.45) is 0 Å². The van der Waals surface area contributed by atoms with E-state index in [0.717, 1.165) is 29.8 Å². The number of carbonyl (C=O) groups is 1. The van der Waals surface area contributed by atoms with Gasteiger partial charge in [0, 0.05) is 12.1 Å². The Kier molecular flexibility index (Phi) is 9.82. The van der Waals surface area contributed by atoms with Gasteiger partial charge in [-0.2, -0.15) is 0 Å². The SMILES string of the molecule is CCCCCCCCCn1c(C(C)NC(=O)c2cc(OC)c(OC)c(OC)c2)nc2ccccc21. The second-order valence-corrected chi connectivity index (χ2v) is 8.84. The fraction of sp³-hybridized carbons (Fsp3) is 0.500. The van der Waals surface area contributed by atoms with Crippen LogP contribution in [0.4, 0.5) is 0 Å². The molecule has 3 rings (SSSR count). The van der Waals surface area contributed by atoms with Crippen LogP contribution in [0.1, 0.15) is 81.0 Å². The van der Waals surface area contributed by atoms with Gasteiger partial charge >= 0.3 is 0 Å². The Morgan fingerprint density at radius 1 is 0.943 bits per heavy atom. The number of hydrogen-bond donors (Lipinski definition) is 1. The number of nitrogens with zero attached hydrogens (tertiary/aromatic N) is 2. The molecule has 0 bridgehead atoms. The van der Waals surface area contributed by atoms with Crippen molar-refractivity contribution < 1.29 is 19.0 Å². The lowest BCUT2D eigenvalue weighted by molar-refractivity contribution is 0.0936. The zero-order chi connectivity index (χ0) is 25.2. The van der Waals surface area contributed by atoms with E-state index in [4.69, 9.17) is 19.2 Å². The first-order valence-electron chi connectivity index (χ1n) is 12.6. The zero-order valence-corrected chi connectivity index (χ0v) is 21.7. The predicted molar refractivity (Wildman–Crippen MR) is 140 cm³/mol. The number of carbonyl (C=O) groups excluding carboxylic acids is 1. The smallest absolute Gasteiger partial charge is 0.252 e. The number of methoxy groups -OCH3 is 3. The Morgan fingerprint density at radius 2 is 1.57 bits per heavy atom. The van der Waals surface area contributed by atoms with Gasteiger partial charge in [-0.25, -0.2) is 4.98 Å². The maximum Gasteiger partial charge on any atom is 0.252 e. The number of unbranched alkanes of at least 4 members (excludes halogenated alkanes) is 6. The molecule has 3 aromatic rings. The second-order valence-electron chi connectivity index (χ2n) is 8.84. The highest BCUT2D eigenvalue weighted by Crippen LogP contribution is 2.38. The molecule has 190 valence electrons. The van der Waals surface area contributed by atoms with Crippen molar-refractivity contribution in [3.63, 3.8) is 0 Å². The number of aryl methyl sites for hydroxylation is 1. The number of imidazole rings is 1. The van der Waals surface area contributed by atoms with Crippen molar-refractivity contribution in [3.05, 3.63) is 47.8 Å². The molecule has 0 spiro atoms. The van der Waals surface area contributed by atoms with Gasteiger partial charge in [-0.3, -0.25) is 4.79 Å². The van der Waals surface area contributed by atoms with Crippen LogP contribution in [0.3, 0.4) is 0 Å². The Labute approximate surface area is 208 Å². The molecule has 0 aliphatic rings. The third-order valence-corrected chi connectivity index (χ3v) is 6.33. The van der Waals surface area contributed by atoms with E-state index in [9.17, 15) is 4.79 Å². The van der Waals surface area contributed by atoms with Crippen LogP contribution in [-0.4, -0.2) is 36.8 Å². The topological polar surface area (TPSA) is 74.6 Å². The maximum atomic E-state index is 13.2. The lowest BCUT2D eigenvalue weighted by Gasteiger charge is -2.18. The van der Waals surface area contributed by atoms with Gasteiger partial charge < -0.3 is 24.1 Å². The van der Waals surface area contributed by atoms with Gasteiger partial charge in [0.15, 0.2) is 11.5 Å². The molecule has 1 atom stereocenters. The van der Waals surface area contributed by atoms with Crippen molar-refractivity contribution in [2.75, 3.05) is 21.3 Å². The van der Waals surface area contributed by atoms with E-state index in [1.54, 1.807) is 12.1 Å². The summed E-state index contributed by atoms with van der Waals surface area (Å²) in [5, 5.41) is 3.10. The van der Waals surface area contributed by atoms with Crippen LogP contribution < -0.4 is 19.5 Å². The Balaban J connectivity index is 1.76. The number of amides is 1. The summed E-state index contributed by atoms with van der Waals surface area (Å²) in [5.74, 6) is 1.96. The summed E-state index contributed by atoms with van der Waals surface area (Å²) >= 11 is 0. The molecule has 0 saturated heterocycles. The highest BCUT2D eigenvalue weighted by Gasteiger charge is 2.21. The van der Waals surface area contributed by atoms with Gasteiger partial charge in [0.05, 0.1) is 38.4 Å². The highest BCUT2D eigenvalue weighted by atomic mass is 16.5. The van der Waals surface area contributed by atoms with Crippen LogP contribution in [0.25, 0.3) is 11.0 Å². The predicted octanol–water partition coefficient (Wildman–Crippen LogP) is 6.30. The minimum absolute atomic E-state index is 0.230. The number of ether oxygens (including phenoxy) is 3. The van der Waals surface area contributed by atoms with Crippen LogP contribution >= 0.6 is 0 Å². The molecule has 0 radical (unpaired) electrons. The summed E-state index contributed by atoms with van der Waals surface area (Å²) in [6.07, 6.45) is 8.75. The average molecular weight is 482 g/mol. The minimum Gasteiger partial charge on any atom is -0.493 e. The molecule has 1 unspecified atom stereocenters. The third kappa shape index (κ3) is 6.47. The van der Waals surface area contributed by atoms with Crippen molar-refractivity contribution in [1.29, 1.82) is 0 Å². The highest BCUT2D eigenvalue weighted by molar-refractivity contribution is 5.96. The molecule has 1 N–H and O–H groups in total. The largest absolute Gasteiger partial charge is 0.493 e. The zero-order valence-electron chi connectivity index (χ0n) is 21.7. The number of benzene rings is 2. The molecule has 7 nitrogen and oxygen atoms in total. The summed E-state index contributed by atoms with van der Waals surface area (Å²) in [7, 11) is 4.61. The molecule has 0 aliphatic heterocycles. The quantitative estimate of drug-likeness (QED) is 0.273. The summed E-state index contributed by atoms with van der Waals surface area (Å²) in [6, 6.07) is 11.2. The summed E-state index contributed by atoms with van der Waals surface area (Å²) in [6.45, 7) is 5.10. The molecule has 0 aliphatic carbocycles. The molecule has 1 aromatic heterocycles. The van der Waals surface area contributed by atoms with E-state index in [-0.39, 0.29) is 11.9 Å². The van der Waals surface area contributed by atoms with Crippen molar-refractivity contribution >= 4 is 16.9 Å². The van der Waals surface area contributed by atoms with E-state index in [2.05, 4.69) is 22.9 Å². The molecular formula is C28H39N3O4. The van der Waals surface area contributed by atoms with Crippen molar-refractivity contribution in [3.8, 4) is 17.2 Å². The lowest BCUT2D eigenvalue weighted by atomic mass is 10.1. The Hall–Kier alpha value is -3.22. The van der Waals surface area contributed by atoms with Crippen molar-refractivity contribution in [1.82, 2.24) is 14.9 Å². The molecular weight excluding hydrogens is 442 g/mol. The first kappa shape index (κ1) is 26.4. The number of fused-ring (bicyclic) bond motifs is 1. The molecule has 7 heteroatoms. The second kappa shape index (κ2) is 13.0. The number of aromatic nitrogens is 2. The molecule has 1 heterocycles. The van der Waals surface area contributed by atoms with Crippen LogP contribution in [0.2, 0.25) is 0 Å². The molecule has 0 fully saturated rings. The first-order valence-corrected chi connectivity index (χ1v) is 12.6. The normalized spacial score (nSPS) is 11.9. The van der Waals surface area contributed by atoms with Gasteiger partial charge in [-0.1, -0.05) is 57.6 Å². The van der Waals surface area contributed by atoms with Gasteiger partial charge in [0.25, 0.3) is 5.91 Å². The maximum absolute atomic E-state index is 13.2. The Bertz CT molecular complexity index is 1080. The number of rotatable bonds is 14. The Morgan fingerprint density at radius 3 is 2.20 bits per heavy atom. The standard InChI is InChI=1S/C28H39N3O4/c1-6-7-8-9-10-11-14-17-31-23-16-13-12-15-22(23)30-27(31)20(2)29-28(32)21-18-24(33-3)26(35-5)25(19-21)34-4/h12-13,15-16,18-20H,6-11,14,17H2,1-5H3,(H,29,32). The average Bonchev–Trinajstić information content (AvgIpc) is 3.25. The van der Waals surface area contributed by atoms with E-state index in [0.29, 0.717) is 22.8 Å². The monoisotopic (exact) mass is 481 g/mol. The van der Waals surface area contributed by atoms with E-state index < -0.39 is 0 Å². The molecule has 0 saturated carbocycles. The van der Waals surface area contributed by atoms with Crippen LogP contribution in [-0.2, 0) is 6.54 Å². The fourth-order valence-electron chi connectivity index (χ4n) is 4.44. The van der Waals surface area contributed by atoms with Crippen LogP contribution in [0.15, 0.2) is 36.4 Å². The lowest BCUT2D eigenvalue weighted by Crippen LogP contribution is -2.29. The van der Waals surface area contributed by atoms with Gasteiger partial charge in [-0.05, 0) is 37.6 Å². The molecule has 35 heavy (non-hydrogen) atoms. The number of hydrogen-bond acceptors (Lipinski definition) is 5. The van der Waals surface area contributed by atoms with Gasteiger partial charge in [0.2, 0.25) is 5.75 Å². The van der Waals surface area contributed by atoms with Gasteiger partial charge in [0.1, 0.15) is 5.82 Å². The molecule has 2 aromatic carbocycles. The summed E-state index contributed by atoms with van der Waals surface area (Å²) in [4.78, 5) is 18.0. The first-order chi connectivity index (χ1) is 17.0. The number of para-hydroxylation sites is 2.